The van der Waals surface area contributed by atoms with Crippen molar-refractivity contribution in [3.8, 4) is 0 Å². The van der Waals surface area contributed by atoms with E-state index in [0.29, 0.717) is 35.5 Å². The van der Waals surface area contributed by atoms with E-state index < -0.39 is 31.1 Å². The Morgan fingerprint density at radius 3 is 2.25 bits per heavy atom. The van der Waals surface area contributed by atoms with Crippen LogP contribution in [0.2, 0.25) is 0 Å². The third-order valence-corrected chi connectivity index (χ3v) is 9.38. The molecule has 44 heavy (non-hydrogen) atoms. The highest BCUT2D eigenvalue weighted by molar-refractivity contribution is 5.84. The fourth-order valence-corrected chi connectivity index (χ4v) is 7.00. The van der Waals surface area contributed by atoms with Crippen molar-refractivity contribution < 1.29 is 20.1 Å². The number of aliphatic hydroxyl groups excluding tert-OH is 3. The Morgan fingerprint density at radius 2 is 1.59 bits per heavy atom. The molecule has 232 valence electrons. The summed E-state index contributed by atoms with van der Waals surface area (Å²) >= 11 is 0. The Bertz CT molecular complexity index is 1490. The molecule has 0 amide bonds. The van der Waals surface area contributed by atoms with Crippen molar-refractivity contribution in [2.45, 2.75) is 62.2 Å². The van der Waals surface area contributed by atoms with Gasteiger partial charge in [-0.3, -0.25) is 4.57 Å². The van der Waals surface area contributed by atoms with E-state index in [-0.39, 0.29) is 5.92 Å². The molecule has 2 aromatic carbocycles. The highest BCUT2D eigenvalue weighted by Gasteiger charge is 2.44. The first kappa shape index (κ1) is 29.1. The second kappa shape index (κ2) is 12.8. The minimum atomic E-state index is -1.24. The van der Waals surface area contributed by atoms with Crippen LogP contribution >= 0.6 is 0 Å². The van der Waals surface area contributed by atoms with Crippen LogP contribution in [0.5, 0.6) is 0 Å². The van der Waals surface area contributed by atoms with Crippen LogP contribution in [0.1, 0.15) is 49.0 Å². The van der Waals surface area contributed by atoms with Gasteiger partial charge in [-0.2, -0.15) is 9.97 Å². The standard InChI is InChI=1S/C33H41N7O4/c41-20-26-28(42)29(43)32(44-26)40-21-35-27-30(34-18-25(22-10-3-1-4-11-22)23-12-5-2-6-13-23)36-33(37-31(27)40)39-17-9-14-24(39)19-38-15-7-8-16-38/h1-6,10-13,21,24-26,28-29,32,41-43H,7-9,14-20H2,(H,34,36,37)/t24-,26+,28+,29+,32+/m0/s1. The maximum absolute atomic E-state index is 10.9. The topological polar surface area (TPSA) is 132 Å². The van der Waals surface area contributed by atoms with Crippen molar-refractivity contribution in [2.75, 3.05) is 49.5 Å². The Labute approximate surface area is 257 Å². The molecule has 4 aromatic rings. The van der Waals surface area contributed by atoms with E-state index in [1.807, 2.05) is 12.1 Å². The van der Waals surface area contributed by atoms with Crippen molar-refractivity contribution in [1.82, 2.24) is 24.4 Å². The minimum absolute atomic E-state index is 0.0723. The molecule has 0 saturated carbocycles. The zero-order valence-corrected chi connectivity index (χ0v) is 24.8. The number of nitrogens with one attached hydrogen (secondary N) is 1. The monoisotopic (exact) mass is 599 g/mol. The zero-order chi connectivity index (χ0) is 30.0. The Morgan fingerprint density at radius 1 is 0.886 bits per heavy atom. The van der Waals surface area contributed by atoms with Crippen molar-refractivity contribution in [3.63, 3.8) is 0 Å². The van der Waals surface area contributed by atoms with E-state index in [0.717, 1.165) is 39.0 Å². The SMILES string of the molecule is OC[C@H]1O[C@@H](n2cnc3c(NCC(c4ccccc4)c4ccccc4)nc(N4CCC[C@H]4CN4CCCC4)nc32)[C@H](O)[C@@H]1O. The minimum Gasteiger partial charge on any atom is -0.394 e. The number of hydrogen-bond acceptors (Lipinski definition) is 10. The smallest absolute Gasteiger partial charge is 0.229 e. The molecule has 0 radical (unpaired) electrons. The van der Waals surface area contributed by atoms with E-state index >= 15 is 0 Å². The van der Waals surface area contributed by atoms with Crippen molar-refractivity contribution in [1.29, 1.82) is 0 Å². The fourth-order valence-electron chi connectivity index (χ4n) is 7.00. The Kier molecular flexibility index (Phi) is 8.46. The van der Waals surface area contributed by atoms with Gasteiger partial charge in [-0.25, -0.2) is 4.98 Å². The molecule has 0 spiro atoms. The lowest BCUT2D eigenvalue weighted by atomic mass is 9.91. The molecule has 11 nitrogen and oxygen atoms in total. The van der Waals surface area contributed by atoms with Crippen molar-refractivity contribution in [3.05, 3.63) is 78.1 Å². The predicted octanol–water partition coefficient (Wildman–Crippen LogP) is 2.75. The van der Waals surface area contributed by atoms with E-state index in [4.69, 9.17) is 14.7 Å². The molecular formula is C33H41N7O4. The van der Waals surface area contributed by atoms with E-state index in [2.05, 4.69) is 68.6 Å². The summed E-state index contributed by atoms with van der Waals surface area (Å²) in [5.41, 5.74) is 3.45. The summed E-state index contributed by atoms with van der Waals surface area (Å²) in [6.07, 6.45) is 1.92. The number of anilines is 2. The molecule has 2 aromatic heterocycles. The lowest BCUT2D eigenvalue weighted by Gasteiger charge is -2.29. The van der Waals surface area contributed by atoms with Crippen LogP contribution in [0, 0.1) is 0 Å². The Hall–Kier alpha value is -3.61. The number of rotatable bonds is 10. The zero-order valence-electron chi connectivity index (χ0n) is 24.8. The number of aliphatic hydroxyl groups is 3. The summed E-state index contributed by atoms with van der Waals surface area (Å²) in [5.74, 6) is 1.30. The fraction of sp³-hybridized carbons (Fsp3) is 0.485. The van der Waals surface area contributed by atoms with E-state index in [9.17, 15) is 15.3 Å². The summed E-state index contributed by atoms with van der Waals surface area (Å²) < 4.78 is 7.55. The molecule has 3 saturated heterocycles. The first-order chi connectivity index (χ1) is 21.6. The van der Waals surface area contributed by atoms with Crippen LogP contribution in [-0.4, -0.2) is 103 Å². The van der Waals surface area contributed by atoms with Crippen LogP contribution in [0.4, 0.5) is 11.8 Å². The Balaban J connectivity index is 1.26. The number of ether oxygens (including phenoxy) is 1. The normalized spacial score (nSPS) is 25.9. The molecule has 4 N–H and O–H groups in total. The van der Waals surface area contributed by atoms with Gasteiger partial charge < -0.3 is 35.2 Å². The van der Waals surface area contributed by atoms with Crippen molar-refractivity contribution >= 4 is 22.9 Å². The van der Waals surface area contributed by atoms with E-state index in [1.54, 1.807) is 10.9 Å². The molecule has 0 aliphatic carbocycles. The van der Waals surface area contributed by atoms with Gasteiger partial charge in [0, 0.05) is 31.6 Å². The van der Waals surface area contributed by atoms with Gasteiger partial charge in [-0.05, 0) is 49.9 Å². The number of likely N-dealkylation sites (tertiary alicyclic amines) is 1. The van der Waals surface area contributed by atoms with Crippen LogP contribution in [0.25, 0.3) is 11.2 Å². The summed E-state index contributed by atoms with van der Waals surface area (Å²) in [7, 11) is 0. The molecule has 3 aliphatic heterocycles. The number of fused-ring (bicyclic) bond motifs is 1. The highest BCUT2D eigenvalue weighted by Crippen LogP contribution is 2.35. The van der Waals surface area contributed by atoms with E-state index in [1.165, 1.54) is 24.0 Å². The summed E-state index contributed by atoms with van der Waals surface area (Å²) in [6, 6.07) is 21.2. The first-order valence-corrected chi connectivity index (χ1v) is 15.8. The molecule has 11 heteroatoms. The third-order valence-electron chi connectivity index (χ3n) is 9.38. The summed E-state index contributed by atoms with van der Waals surface area (Å²) in [5, 5.41) is 34.7. The van der Waals surface area contributed by atoms with Crippen LogP contribution < -0.4 is 10.2 Å². The molecule has 7 rings (SSSR count). The van der Waals surface area contributed by atoms with Gasteiger partial charge in [0.1, 0.15) is 18.3 Å². The van der Waals surface area contributed by atoms with Gasteiger partial charge in [-0.15, -0.1) is 0 Å². The summed E-state index contributed by atoms with van der Waals surface area (Å²) in [6.45, 7) is 4.30. The number of nitrogens with zero attached hydrogens (tertiary/aromatic N) is 6. The molecular weight excluding hydrogens is 558 g/mol. The number of imidazole rings is 1. The molecule has 0 unspecified atom stereocenters. The maximum Gasteiger partial charge on any atom is 0.229 e. The first-order valence-electron chi connectivity index (χ1n) is 15.8. The van der Waals surface area contributed by atoms with Gasteiger partial charge >= 0.3 is 0 Å². The van der Waals surface area contributed by atoms with Gasteiger partial charge in [0.05, 0.1) is 12.9 Å². The molecule has 0 bridgehead atoms. The van der Waals surface area contributed by atoms with Gasteiger partial charge in [0.15, 0.2) is 23.2 Å². The second-order valence-electron chi connectivity index (χ2n) is 12.2. The quantitative estimate of drug-likeness (QED) is 0.216. The largest absolute Gasteiger partial charge is 0.394 e. The highest BCUT2D eigenvalue weighted by atomic mass is 16.6. The van der Waals surface area contributed by atoms with Gasteiger partial charge in [0.25, 0.3) is 0 Å². The number of aromatic nitrogens is 4. The maximum atomic E-state index is 10.9. The number of benzene rings is 2. The third kappa shape index (κ3) is 5.66. The van der Waals surface area contributed by atoms with Crippen LogP contribution in [0.3, 0.4) is 0 Å². The average Bonchev–Trinajstić information content (AvgIpc) is 3.87. The summed E-state index contributed by atoms with van der Waals surface area (Å²) in [4.78, 5) is 19.6. The van der Waals surface area contributed by atoms with Crippen molar-refractivity contribution in [2.24, 2.45) is 0 Å². The lowest BCUT2D eigenvalue weighted by Crippen LogP contribution is -2.40. The number of hydrogen-bond donors (Lipinski definition) is 4. The van der Waals surface area contributed by atoms with Gasteiger partial charge in [0.2, 0.25) is 5.95 Å². The molecule has 3 aliphatic rings. The molecule has 5 heterocycles. The molecule has 3 fully saturated rings. The lowest BCUT2D eigenvalue weighted by molar-refractivity contribution is -0.0511. The van der Waals surface area contributed by atoms with Gasteiger partial charge in [-0.1, -0.05) is 60.7 Å². The molecule has 5 atom stereocenters. The van der Waals surface area contributed by atoms with Crippen LogP contribution in [-0.2, 0) is 4.74 Å². The van der Waals surface area contributed by atoms with Crippen LogP contribution in [0.15, 0.2) is 67.0 Å². The predicted molar refractivity (Wildman–Crippen MR) is 168 cm³/mol. The second-order valence-corrected chi connectivity index (χ2v) is 12.2. The average molecular weight is 600 g/mol.